The smallest absolute Gasteiger partial charge is 0.00934 e. The van der Waals surface area contributed by atoms with Crippen molar-refractivity contribution >= 4 is 0 Å². The summed E-state index contributed by atoms with van der Waals surface area (Å²) in [7, 11) is 0. The van der Waals surface area contributed by atoms with Crippen molar-refractivity contribution < 1.29 is 0 Å². The van der Waals surface area contributed by atoms with Crippen LogP contribution >= 0.6 is 0 Å². The monoisotopic (exact) mass is 272 g/mol. The van der Waals surface area contributed by atoms with Crippen molar-refractivity contribution in [2.45, 2.75) is 25.7 Å². The van der Waals surface area contributed by atoms with E-state index < -0.39 is 0 Å². The normalized spacial score (nSPS) is 112. The molecule has 17 fully saturated rings. The van der Waals surface area contributed by atoms with Gasteiger partial charge in [0.1, 0.15) is 0 Å². The quantitative estimate of drug-likeness (QED) is 0.636. The van der Waals surface area contributed by atoms with Crippen LogP contribution in [0.4, 0.5) is 0 Å². The first-order valence-corrected chi connectivity index (χ1v) is 10.4. The lowest BCUT2D eigenvalue weighted by Gasteiger charge is -3.28. The highest BCUT2D eigenvalue weighted by Gasteiger charge is 3.26. The minimum Gasteiger partial charge on any atom is -0.0461 e. The van der Waals surface area contributed by atoms with Crippen LogP contribution in [0, 0.1) is 98.1 Å². The fourth-order valence-electron chi connectivity index (χ4n) is 17.4. The van der Waals surface area contributed by atoms with Gasteiger partial charge < -0.3 is 0 Å². The molecule has 0 heterocycles. The van der Waals surface area contributed by atoms with E-state index in [9.17, 15) is 0 Å². The average Bonchev–Trinajstić information content (AvgIpc) is 2.44. The lowest BCUT2D eigenvalue weighted by molar-refractivity contribution is -0.824. The van der Waals surface area contributed by atoms with Crippen molar-refractivity contribution in [1.82, 2.24) is 0 Å². The second-order valence-corrected chi connectivity index (χ2v) is 12.4. The van der Waals surface area contributed by atoms with E-state index in [2.05, 4.69) is 0 Å². The standard InChI is InChI=1S/C21H20/c1-5-3-9-13-16-14-10-4-6-2-8-12-15-11-7(1)18(6,10)19(11,14)21(15,16)20(12,13)17(5,8)9/h5-16H,1-4H2. The molecule has 0 aromatic rings. The van der Waals surface area contributed by atoms with Crippen LogP contribution in [0.1, 0.15) is 25.7 Å². The first-order chi connectivity index (χ1) is 10.4. The van der Waals surface area contributed by atoms with Gasteiger partial charge in [0.15, 0.2) is 0 Å². The van der Waals surface area contributed by atoms with E-state index >= 15 is 0 Å². The zero-order valence-electron chi connectivity index (χ0n) is 12.3. The Morgan fingerprint density at radius 1 is 0.429 bits per heavy atom. The fourth-order valence-corrected chi connectivity index (χ4v) is 17.4. The number of hydrogen-bond acceptors (Lipinski definition) is 0. The summed E-state index contributed by atoms with van der Waals surface area (Å²) in [6, 6.07) is 0. The van der Waals surface area contributed by atoms with E-state index in [4.69, 9.17) is 0 Å². The second kappa shape index (κ2) is 1.47. The Bertz CT molecular complexity index is 788. The molecule has 8 atom stereocenters. The largest absolute Gasteiger partial charge is 0.0461 e. The van der Waals surface area contributed by atoms with Crippen molar-refractivity contribution in [3.63, 3.8) is 0 Å². The van der Waals surface area contributed by atoms with Gasteiger partial charge in [0.25, 0.3) is 0 Å². The molecule has 17 aliphatic carbocycles. The molecule has 0 amide bonds. The summed E-state index contributed by atoms with van der Waals surface area (Å²) in [4.78, 5) is 0. The second-order valence-electron chi connectivity index (χ2n) is 12.4. The van der Waals surface area contributed by atoms with Gasteiger partial charge in [-0.2, -0.15) is 0 Å². The summed E-state index contributed by atoms with van der Waals surface area (Å²) in [5, 5.41) is 0. The molecular formula is C21H20. The predicted molar refractivity (Wildman–Crippen MR) is 72.5 cm³/mol. The molecule has 0 aromatic heterocycles. The molecule has 5 spiro atoms. The van der Waals surface area contributed by atoms with E-state index in [-0.39, 0.29) is 0 Å². The van der Waals surface area contributed by atoms with E-state index in [1.165, 1.54) is 71.0 Å². The van der Waals surface area contributed by atoms with Crippen molar-refractivity contribution in [3.8, 4) is 0 Å². The predicted octanol–water partition coefficient (Wildman–Crippen LogP) is 3.04. The van der Waals surface area contributed by atoms with Crippen LogP contribution in [0.3, 0.4) is 0 Å². The Hall–Kier alpha value is 0. The number of rotatable bonds is 0. The fraction of sp³-hybridized carbons (Fsp3) is 1.00. The van der Waals surface area contributed by atoms with Crippen LogP contribution in [-0.2, 0) is 0 Å². The summed E-state index contributed by atoms with van der Waals surface area (Å²) in [5.41, 5.74) is 5.37. The van der Waals surface area contributed by atoms with E-state index in [1.807, 2.05) is 0 Å². The van der Waals surface area contributed by atoms with Crippen LogP contribution < -0.4 is 0 Å². The lowest BCUT2D eigenvalue weighted by atomic mass is 8.75. The van der Waals surface area contributed by atoms with Crippen molar-refractivity contribution in [2.24, 2.45) is 98.1 Å². The molecular weight excluding hydrogens is 252 g/mol. The molecule has 0 saturated heterocycles. The molecule has 0 aromatic carbocycles. The third-order valence-electron chi connectivity index (χ3n) is 15.2. The van der Waals surface area contributed by atoms with Gasteiger partial charge in [0.05, 0.1) is 0 Å². The maximum atomic E-state index is 1.78. The van der Waals surface area contributed by atoms with Crippen molar-refractivity contribution in [2.75, 3.05) is 0 Å². The molecule has 0 N–H and O–H groups in total. The first-order valence-electron chi connectivity index (χ1n) is 10.4. The topological polar surface area (TPSA) is 0 Å². The van der Waals surface area contributed by atoms with Crippen LogP contribution in [0.25, 0.3) is 0 Å². The zero-order valence-corrected chi connectivity index (χ0v) is 12.3. The molecule has 0 heteroatoms. The van der Waals surface area contributed by atoms with Gasteiger partial charge in [-0.25, -0.2) is 0 Å². The highest BCUT2D eigenvalue weighted by molar-refractivity contribution is 5.71. The summed E-state index contributed by atoms with van der Waals surface area (Å²) in [6.45, 7) is 0. The number of fused-ring (bicyclic) bond motifs is 4. The van der Waals surface area contributed by atoms with Crippen LogP contribution in [-0.4, -0.2) is 0 Å². The molecule has 0 nitrogen and oxygen atoms in total. The van der Waals surface area contributed by atoms with Gasteiger partial charge in [0, 0.05) is 0 Å². The minimum atomic E-state index is 1.05. The molecule has 17 aliphatic rings. The SMILES string of the molecule is C1C2CC3C4C5C6C7CC8CC9C%10C%11C%12C1C27C%126C%115C%104C893. The molecule has 0 radical (unpaired) electrons. The van der Waals surface area contributed by atoms with Gasteiger partial charge in [-0.05, 0) is 124 Å². The summed E-state index contributed by atoms with van der Waals surface area (Å²) < 4.78 is 0. The van der Waals surface area contributed by atoms with E-state index in [0.29, 0.717) is 0 Å². The van der Waals surface area contributed by atoms with E-state index in [1.54, 1.807) is 25.7 Å². The summed E-state index contributed by atoms with van der Waals surface area (Å²) >= 11 is 0. The van der Waals surface area contributed by atoms with Crippen LogP contribution in [0.5, 0.6) is 0 Å². The molecule has 0 aliphatic heterocycles. The van der Waals surface area contributed by atoms with E-state index in [0.717, 1.165) is 27.1 Å². The molecule has 10 bridgehead atoms. The third kappa shape index (κ3) is 0.266. The lowest BCUT2D eigenvalue weighted by Crippen LogP contribution is -3.25. The molecule has 21 heavy (non-hydrogen) atoms. The maximum absolute atomic E-state index is 1.78. The maximum Gasteiger partial charge on any atom is -0.00934 e. The van der Waals surface area contributed by atoms with Gasteiger partial charge >= 0.3 is 0 Å². The number of hydrogen-bond donors (Lipinski definition) is 0. The molecule has 104 valence electrons. The Morgan fingerprint density at radius 2 is 0.810 bits per heavy atom. The third-order valence-corrected chi connectivity index (χ3v) is 15.2. The average molecular weight is 272 g/mol. The Morgan fingerprint density at radius 3 is 1.19 bits per heavy atom. The van der Waals surface area contributed by atoms with Gasteiger partial charge in [-0.3, -0.25) is 0 Å². The summed E-state index contributed by atoms with van der Waals surface area (Å²) in [6.07, 6.45) is 7.03. The van der Waals surface area contributed by atoms with Crippen LogP contribution in [0.2, 0.25) is 0 Å². The molecule has 17 saturated carbocycles. The van der Waals surface area contributed by atoms with Crippen molar-refractivity contribution in [1.29, 1.82) is 0 Å². The molecule has 17 rings (SSSR count). The van der Waals surface area contributed by atoms with Gasteiger partial charge in [0.2, 0.25) is 0 Å². The minimum absolute atomic E-state index is 1.05. The zero-order chi connectivity index (χ0) is 12.3. The van der Waals surface area contributed by atoms with Gasteiger partial charge in [-0.1, -0.05) is 0 Å². The summed E-state index contributed by atoms with van der Waals surface area (Å²) in [5.74, 6) is 15.9. The Kier molecular flexibility index (Phi) is 0.576. The van der Waals surface area contributed by atoms with Crippen molar-refractivity contribution in [3.05, 3.63) is 0 Å². The Balaban J connectivity index is 1.40. The highest BCUT2D eigenvalue weighted by Crippen LogP contribution is 3.28. The molecule has 8 unspecified atom stereocenters. The van der Waals surface area contributed by atoms with Gasteiger partial charge in [-0.15, -0.1) is 0 Å². The highest BCUT2D eigenvalue weighted by atomic mass is 15.3. The van der Waals surface area contributed by atoms with Crippen LogP contribution in [0.15, 0.2) is 0 Å². The Labute approximate surface area is 124 Å². The first kappa shape index (κ1) is 8.20.